The highest BCUT2D eigenvalue weighted by Crippen LogP contribution is 2.34. The van der Waals surface area contributed by atoms with Crippen LogP contribution < -0.4 is 10.2 Å². The maximum Gasteiger partial charge on any atom is 0.417 e. The Morgan fingerprint density at radius 3 is 2.53 bits per heavy atom. The largest absolute Gasteiger partial charge is 0.417 e. The fourth-order valence-corrected chi connectivity index (χ4v) is 3.28. The number of amides is 1. The van der Waals surface area contributed by atoms with Gasteiger partial charge in [0, 0.05) is 24.0 Å². The van der Waals surface area contributed by atoms with E-state index in [0.717, 1.165) is 31.2 Å². The van der Waals surface area contributed by atoms with Crippen LogP contribution in [0.1, 0.15) is 23.6 Å². The van der Waals surface area contributed by atoms with Crippen molar-refractivity contribution in [2.45, 2.75) is 25.1 Å². The number of aliphatic hydroxyl groups is 1. The van der Waals surface area contributed by atoms with E-state index in [-0.39, 0.29) is 12.2 Å². The molecular weight excluding hydrogens is 409 g/mol. The van der Waals surface area contributed by atoms with Crippen molar-refractivity contribution in [3.05, 3.63) is 58.7 Å². The number of carbonyl (C=O) groups excluding carboxylic acids is 1. The third-order valence-corrected chi connectivity index (χ3v) is 4.80. The first-order valence-electron chi connectivity index (χ1n) is 8.80. The summed E-state index contributed by atoms with van der Waals surface area (Å²) >= 11 is 0. The van der Waals surface area contributed by atoms with E-state index in [4.69, 9.17) is 5.26 Å². The summed E-state index contributed by atoms with van der Waals surface area (Å²) in [5, 5.41) is 21.6. The number of hydrogen-bond acceptors (Lipinski definition) is 4. The number of halogens is 5. The Kier molecular flexibility index (Phi) is 5.43. The second-order valence-electron chi connectivity index (χ2n) is 7.16. The highest BCUT2D eigenvalue weighted by atomic mass is 19.4. The molecule has 0 saturated heterocycles. The fraction of sp³-hybridized carbons (Fsp3) is 0.300. The van der Waals surface area contributed by atoms with Crippen LogP contribution in [-0.2, 0) is 17.4 Å². The number of β-amino-alcohol motifs (C(OH)–C–C–N with tert-alkyl or cyclic N) is 1. The average molecular weight is 425 g/mol. The summed E-state index contributed by atoms with van der Waals surface area (Å²) in [7, 11) is 0. The minimum Gasteiger partial charge on any atom is -0.378 e. The molecule has 3 rings (SSSR count). The molecule has 2 aromatic carbocycles. The number of nitrogens with one attached hydrogen (secondary N) is 1. The lowest BCUT2D eigenvalue weighted by atomic mass is 10.0. The zero-order chi connectivity index (χ0) is 22.3. The van der Waals surface area contributed by atoms with Gasteiger partial charge in [-0.2, -0.15) is 18.4 Å². The molecule has 0 spiro atoms. The summed E-state index contributed by atoms with van der Waals surface area (Å²) in [6, 6.07) is 6.10. The highest BCUT2D eigenvalue weighted by Gasteiger charge is 2.37. The summed E-state index contributed by atoms with van der Waals surface area (Å²) in [5.74, 6) is -3.06. The van der Waals surface area contributed by atoms with E-state index < -0.39 is 40.4 Å². The van der Waals surface area contributed by atoms with Crippen LogP contribution in [0.25, 0.3) is 0 Å². The molecule has 1 heterocycles. The molecule has 0 saturated carbocycles. The summed E-state index contributed by atoms with van der Waals surface area (Å²) < 4.78 is 66.2. The molecule has 0 aromatic heterocycles. The molecule has 1 unspecified atom stereocenters. The third kappa shape index (κ3) is 4.21. The van der Waals surface area contributed by atoms with Gasteiger partial charge in [0.2, 0.25) is 0 Å². The quantitative estimate of drug-likeness (QED) is 0.734. The smallest absolute Gasteiger partial charge is 0.378 e. The Hall–Kier alpha value is -3.19. The molecule has 0 fully saturated rings. The first kappa shape index (κ1) is 21.5. The van der Waals surface area contributed by atoms with Crippen LogP contribution in [0.4, 0.5) is 33.3 Å². The van der Waals surface area contributed by atoms with Crippen molar-refractivity contribution in [2.24, 2.45) is 0 Å². The van der Waals surface area contributed by atoms with E-state index in [9.17, 15) is 31.9 Å². The summed E-state index contributed by atoms with van der Waals surface area (Å²) in [6.07, 6.45) is -4.41. The molecule has 30 heavy (non-hydrogen) atoms. The van der Waals surface area contributed by atoms with E-state index in [2.05, 4.69) is 5.32 Å². The normalized spacial score (nSPS) is 15.3. The Balaban J connectivity index is 1.78. The molecule has 10 heteroatoms. The maximum absolute atomic E-state index is 13.6. The van der Waals surface area contributed by atoms with Crippen LogP contribution >= 0.6 is 0 Å². The van der Waals surface area contributed by atoms with Crippen molar-refractivity contribution in [2.75, 3.05) is 23.3 Å². The van der Waals surface area contributed by atoms with Crippen LogP contribution in [0.3, 0.4) is 0 Å². The van der Waals surface area contributed by atoms with E-state index >= 15 is 0 Å². The molecule has 1 aliphatic heterocycles. The molecule has 5 nitrogen and oxygen atoms in total. The van der Waals surface area contributed by atoms with Gasteiger partial charge in [0.15, 0.2) is 17.2 Å². The molecule has 0 aliphatic carbocycles. The first-order valence-corrected chi connectivity index (χ1v) is 8.80. The van der Waals surface area contributed by atoms with Crippen LogP contribution in [0.15, 0.2) is 30.3 Å². The zero-order valence-electron chi connectivity index (χ0n) is 15.6. The van der Waals surface area contributed by atoms with Gasteiger partial charge in [-0.25, -0.2) is 8.78 Å². The Labute approximate surface area is 168 Å². The van der Waals surface area contributed by atoms with Crippen molar-refractivity contribution in [3.8, 4) is 6.07 Å². The van der Waals surface area contributed by atoms with Crippen LogP contribution in [0.5, 0.6) is 0 Å². The van der Waals surface area contributed by atoms with Crippen LogP contribution in [0, 0.1) is 23.0 Å². The second kappa shape index (κ2) is 7.57. The number of anilines is 2. The molecule has 1 aliphatic rings. The molecule has 2 aromatic rings. The lowest BCUT2D eigenvalue weighted by Gasteiger charge is -2.29. The summed E-state index contributed by atoms with van der Waals surface area (Å²) in [5.41, 5.74) is -3.27. The van der Waals surface area contributed by atoms with E-state index in [1.807, 2.05) is 0 Å². The van der Waals surface area contributed by atoms with Crippen LogP contribution in [-0.4, -0.2) is 29.7 Å². The topological polar surface area (TPSA) is 76.4 Å². The number of fused-ring (bicyclic) bond motifs is 1. The number of carbonyl (C=O) groups is 1. The lowest BCUT2D eigenvalue weighted by Crippen LogP contribution is -2.49. The number of hydrogen-bond donors (Lipinski definition) is 2. The van der Waals surface area contributed by atoms with Gasteiger partial charge in [-0.3, -0.25) is 4.79 Å². The molecule has 0 radical (unpaired) electrons. The molecule has 158 valence electrons. The predicted octanol–water partition coefficient (Wildman–Crippen LogP) is 3.61. The van der Waals surface area contributed by atoms with Gasteiger partial charge in [0.05, 0.1) is 23.7 Å². The first-order chi connectivity index (χ1) is 13.9. The van der Waals surface area contributed by atoms with Crippen molar-refractivity contribution in [3.63, 3.8) is 0 Å². The molecule has 0 bridgehead atoms. The second-order valence-corrected chi connectivity index (χ2v) is 7.16. The Morgan fingerprint density at radius 2 is 1.90 bits per heavy atom. The number of rotatable bonds is 4. The van der Waals surface area contributed by atoms with Crippen LogP contribution in [0.2, 0.25) is 0 Å². The zero-order valence-corrected chi connectivity index (χ0v) is 15.6. The van der Waals surface area contributed by atoms with Gasteiger partial charge in [-0.1, -0.05) is 0 Å². The minimum absolute atomic E-state index is 0.249. The minimum atomic E-state index is -4.80. The number of alkyl halides is 3. The average Bonchev–Trinajstić information content (AvgIpc) is 3.02. The SMILES string of the molecule is CC(O)(CN1CCc2cc(F)c(F)cc21)C(=O)Nc1ccc(C#N)c(C(F)(F)F)c1. The Bertz CT molecular complexity index is 1040. The summed E-state index contributed by atoms with van der Waals surface area (Å²) in [4.78, 5) is 14.0. The molecule has 1 amide bonds. The molecular formula is C20H16F5N3O2. The van der Waals surface area contributed by atoms with Gasteiger partial charge in [0.1, 0.15) is 0 Å². The maximum atomic E-state index is 13.6. The van der Waals surface area contributed by atoms with E-state index in [0.29, 0.717) is 30.3 Å². The third-order valence-electron chi connectivity index (χ3n) is 4.80. The fourth-order valence-electron chi connectivity index (χ4n) is 3.28. The van der Waals surface area contributed by atoms with Gasteiger partial charge in [-0.15, -0.1) is 0 Å². The van der Waals surface area contributed by atoms with Gasteiger partial charge < -0.3 is 15.3 Å². The molecule has 1 atom stereocenters. The highest BCUT2D eigenvalue weighted by molar-refractivity contribution is 5.97. The van der Waals surface area contributed by atoms with Gasteiger partial charge >= 0.3 is 6.18 Å². The van der Waals surface area contributed by atoms with E-state index in [1.165, 1.54) is 11.0 Å². The van der Waals surface area contributed by atoms with E-state index in [1.54, 1.807) is 0 Å². The van der Waals surface area contributed by atoms with Gasteiger partial charge in [-0.05, 0) is 43.2 Å². The van der Waals surface area contributed by atoms with Crippen molar-refractivity contribution < 1.29 is 31.9 Å². The number of nitriles is 1. The lowest BCUT2D eigenvalue weighted by molar-refractivity contribution is -0.138. The monoisotopic (exact) mass is 425 g/mol. The van der Waals surface area contributed by atoms with Crippen molar-refractivity contribution >= 4 is 17.3 Å². The Morgan fingerprint density at radius 1 is 1.23 bits per heavy atom. The predicted molar refractivity (Wildman–Crippen MR) is 97.7 cm³/mol. The number of benzene rings is 2. The van der Waals surface area contributed by atoms with Crippen molar-refractivity contribution in [1.29, 1.82) is 5.26 Å². The standard InChI is InChI=1S/C20H16F5N3O2/c1-19(30,10-28-5-4-11-6-15(21)16(22)8-17(11)28)18(29)27-13-3-2-12(9-26)14(7-13)20(23,24)25/h2-3,6-8,30H,4-5,10H2,1H3,(H,27,29). The molecule has 2 N–H and O–H groups in total. The van der Waals surface area contributed by atoms with Gasteiger partial charge in [0.25, 0.3) is 5.91 Å². The summed E-state index contributed by atoms with van der Waals surface area (Å²) in [6.45, 7) is 1.17. The van der Waals surface area contributed by atoms with Crippen molar-refractivity contribution in [1.82, 2.24) is 0 Å². The number of nitrogens with zero attached hydrogens (tertiary/aromatic N) is 2.